The molecular formula is C23H35NO3. The van der Waals surface area contributed by atoms with Crippen LogP contribution < -0.4 is 4.74 Å². The summed E-state index contributed by atoms with van der Waals surface area (Å²) in [6.45, 7) is 6.01. The van der Waals surface area contributed by atoms with E-state index in [1.165, 1.54) is 36.8 Å². The van der Waals surface area contributed by atoms with Gasteiger partial charge in [0.2, 0.25) is 5.91 Å². The Bertz CT molecular complexity index is 619. The van der Waals surface area contributed by atoms with E-state index in [-0.39, 0.29) is 18.4 Å². The molecule has 0 bridgehead atoms. The van der Waals surface area contributed by atoms with E-state index >= 15 is 0 Å². The molecule has 0 unspecified atom stereocenters. The summed E-state index contributed by atoms with van der Waals surface area (Å²) in [5, 5.41) is 9.49. The molecule has 1 atom stereocenters. The van der Waals surface area contributed by atoms with Crippen molar-refractivity contribution in [2.75, 3.05) is 26.8 Å². The third-order valence-corrected chi connectivity index (χ3v) is 6.72. The van der Waals surface area contributed by atoms with Crippen molar-refractivity contribution < 1.29 is 14.6 Å². The number of aryl methyl sites for hydroxylation is 1. The summed E-state index contributed by atoms with van der Waals surface area (Å²) < 4.78 is 5.49. The summed E-state index contributed by atoms with van der Waals surface area (Å²) in [6, 6.07) is 6.69. The first kappa shape index (κ1) is 20.2. The number of amides is 1. The molecule has 4 heteroatoms. The molecular weight excluding hydrogens is 338 g/mol. The van der Waals surface area contributed by atoms with Gasteiger partial charge in [0.15, 0.2) is 0 Å². The van der Waals surface area contributed by atoms with E-state index in [0.717, 1.165) is 38.1 Å². The number of methoxy groups -OCH3 is 1. The van der Waals surface area contributed by atoms with Crippen LogP contribution in [-0.2, 0) is 11.2 Å². The van der Waals surface area contributed by atoms with Crippen LogP contribution in [0.3, 0.4) is 0 Å². The van der Waals surface area contributed by atoms with Gasteiger partial charge in [-0.15, -0.1) is 0 Å². The Morgan fingerprint density at radius 1 is 1.26 bits per heavy atom. The maximum Gasteiger partial charge on any atom is 0.228 e. The minimum absolute atomic E-state index is 0.0200. The average Bonchev–Trinajstić information content (AvgIpc) is 2.69. The predicted octanol–water partition coefficient (Wildman–Crippen LogP) is 4.15. The highest BCUT2D eigenvalue weighted by Gasteiger charge is 2.47. The van der Waals surface area contributed by atoms with Gasteiger partial charge in [-0.1, -0.05) is 26.3 Å². The molecule has 1 aliphatic carbocycles. The van der Waals surface area contributed by atoms with E-state index in [1.54, 1.807) is 7.11 Å². The lowest BCUT2D eigenvalue weighted by Crippen LogP contribution is -2.60. The zero-order valence-corrected chi connectivity index (χ0v) is 17.2. The minimum atomic E-state index is -0.201. The van der Waals surface area contributed by atoms with Crippen molar-refractivity contribution >= 4 is 5.91 Å². The Morgan fingerprint density at radius 2 is 1.96 bits per heavy atom. The van der Waals surface area contributed by atoms with E-state index in [2.05, 4.69) is 32.0 Å². The number of rotatable bonds is 7. The van der Waals surface area contributed by atoms with E-state index in [4.69, 9.17) is 4.74 Å². The maximum absolute atomic E-state index is 12.6. The molecule has 0 aromatic heterocycles. The Morgan fingerprint density at radius 3 is 2.52 bits per heavy atom. The summed E-state index contributed by atoms with van der Waals surface area (Å²) in [6.07, 6.45) is 7.53. The standard InChI is InChI=1S/C23H35NO3/c1-4-6-19(14-25)22(26)24-15-23(16-24)9-7-18(8-10-23)20-11-17(5-2)12-21(13-20)27-3/h11-13,18-19,25H,4-10,14-16H2,1-3H3/t19-/m1/s1. The smallest absolute Gasteiger partial charge is 0.228 e. The fourth-order valence-electron chi connectivity index (χ4n) is 4.94. The van der Waals surface area contributed by atoms with E-state index < -0.39 is 0 Å². The molecule has 1 N–H and O–H groups in total. The highest BCUT2D eigenvalue weighted by atomic mass is 16.5. The predicted molar refractivity (Wildman–Crippen MR) is 108 cm³/mol. The molecule has 1 aliphatic heterocycles. The lowest BCUT2D eigenvalue weighted by atomic mass is 9.64. The maximum atomic E-state index is 12.6. The van der Waals surface area contributed by atoms with E-state index in [1.807, 2.05) is 4.90 Å². The van der Waals surface area contributed by atoms with Crippen molar-refractivity contribution in [1.29, 1.82) is 0 Å². The molecule has 1 amide bonds. The number of ether oxygens (including phenoxy) is 1. The second kappa shape index (κ2) is 8.64. The average molecular weight is 374 g/mol. The van der Waals surface area contributed by atoms with Crippen LogP contribution in [0.15, 0.2) is 18.2 Å². The molecule has 1 spiro atoms. The van der Waals surface area contributed by atoms with Gasteiger partial charge in [-0.25, -0.2) is 0 Å². The second-order valence-electron chi connectivity index (χ2n) is 8.60. The Balaban J connectivity index is 1.57. The summed E-state index contributed by atoms with van der Waals surface area (Å²) in [7, 11) is 1.74. The van der Waals surface area contributed by atoms with Crippen molar-refractivity contribution in [3.63, 3.8) is 0 Å². The first-order valence-corrected chi connectivity index (χ1v) is 10.6. The van der Waals surface area contributed by atoms with Crippen LogP contribution in [0.1, 0.15) is 69.4 Å². The van der Waals surface area contributed by atoms with Crippen LogP contribution in [-0.4, -0.2) is 42.7 Å². The Hall–Kier alpha value is -1.55. The number of hydrogen-bond donors (Lipinski definition) is 1. The van der Waals surface area contributed by atoms with Crippen molar-refractivity contribution in [3.8, 4) is 5.75 Å². The summed E-state index contributed by atoms with van der Waals surface area (Å²) in [5.74, 6) is 1.53. The summed E-state index contributed by atoms with van der Waals surface area (Å²) in [4.78, 5) is 14.5. The molecule has 1 saturated carbocycles. The Kier molecular flexibility index (Phi) is 6.46. The number of carbonyl (C=O) groups is 1. The van der Waals surface area contributed by atoms with Crippen molar-refractivity contribution in [2.24, 2.45) is 11.3 Å². The minimum Gasteiger partial charge on any atom is -0.497 e. The van der Waals surface area contributed by atoms with Crippen LogP contribution in [0.4, 0.5) is 0 Å². The highest BCUT2D eigenvalue weighted by Crippen LogP contribution is 2.49. The van der Waals surface area contributed by atoms with Gasteiger partial charge < -0.3 is 14.7 Å². The molecule has 4 nitrogen and oxygen atoms in total. The van der Waals surface area contributed by atoms with Crippen LogP contribution >= 0.6 is 0 Å². The number of hydrogen-bond acceptors (Lipinski definition) is 3. The lowest BCUT2D eigenvalue weighted by Gasteiger charge is -2.54. The first-order valence-electron chi connectivity index (χ1n) is 10.6. The van der Waals surface area contributed by atoms with Gasteiger partial charge in [-0.05, 0) is 67.7 Å². The van der Waals surface area contributed by atoms with E-state index in [0.29, 0.717) is 11.3 Å². The van der Waals surface area contributed by atoms with Crippen molar-refractivity contribution in [2.45, 2.75) is 64.7 Å². The zero-order chi connectivity index (χ0) is 19.4. The zero-order valence-electron chi connectivity index (χ0n) is 17.2. The van der Waals surface area contributed by atoms with Crippen LogP contribution in [0.5, 0.6) is 5.75 Å². The highest BCUT2D eigenvalue weighted by molar-refractivity contribution is 5.80. The van der Waals surface area contributed by atoms with Crippen molar-refractivity contribution in [1.82, 2.24) is 4.90 Å². The SMILES string of the molecule is CCC[C@H](CO)C(=O)N1CC2(CCC(c3cc(CC)cc(OC)c3)CC2)C1. The van der Waals surface area contributed by atoms with Crippen LogP contribution in [0.2, 0.25) is 0 Å². The molecule has 0 radical (unpaired) electrons. The molecule has 2 fully saturated rings. The Labute approximate surface area is 163 Å². The number of aliphatic hydroxyl groups excluding tert-OH is 1. The number of likely N-dealkylation sites (tertiary alicyclic amines) is 1. The quantitative estimate of drug-likeness (QED) is 0.781. The number of carbonyl (C=O) groups excluding carboxylic acids is 1. The van der Waals surface area contributed by atoms with Crippen LogP contribution in [0.25, 0.3) is 0 Å². The third-order valence-electron chi connectivity index (χ3n) is 6.72. The molecule has 3 rings (SSSR count). The van der Waals surface area contributed by atoms with Gasteiger partial charge in [0.1, 0.15) is 5.75 Å². The van der Waals surface area contributed by atoms with E-state index in [9.17, 15) is 9.90 Å². The summed E-state index contributed by atoms with van der Waals surface area (Å²) in [5.41, 5.74) is 3.08. The van der Waals surface area contributed by atoms with Gasteiger partial charge in [0.25, 0.3) is 0 Å². The van der Waals surface area contributed by atoms with Gasteiger partial charge in [0.05, 0.1) is 19.6 Å². The lowest BCUT2D eigenvalue weighted by molar-refractivity contribution is -0.152. The number of nitrogens with zero attached hydrogens (tertiary/aromatic N) is 1. The molecule has 1 heterocycles. The largest absolute Gasteiger partial charge is 0.497 e. The monoisotopic (exact) mass is 373 g/mol. The first-order chi connectivity index (χ1) is 13.0. The summed E-state index contributed by atoms with van der Waals surface area (Å²) >= 11 is 0. The molecule has 1 aromatic carbocycles. The molecule has 2 aliphatic rings. The van der Waals surface area contributed by atoms with Gasteiger partial charge in [0, 0.05) is 18.5 Å². The fourth-order valence-corrected chi connectivity index (χ4v) is 4.94. The van der Waals surface area contributed by atoms with Gasteiger partial charge >= 0.3 is 0 Å². The normalized spacial score (nSPS) is 20.4. The topological polar surface area (TPSA) is 49.8 Å². The molecule has 27 heavy (non-hydrogen) atoms. The van der Waals surface area contributed by atoms with Crippen LogP contribution in [0, 0.1) is 11.3 Å². The number of benzene rings is 1. The molecule has 1 saturated heterocycles. The second-order valence-corrected chi connectivity index (χ2v) is 8.60. The number of aliphatic hydroxyl groups is 1. The molecule has 1 aromatic rings. The molecule has 150 valence electrons. The van der Waals surface area contributed by atoms with Gasteiger partial charge in [-0.2, -0.15) is 0 Å². The third kappa shape index (κ3) is 4.31. The van der Waals surface area contributed by atoms with Gasteiger partial charge in [-0.3, -0.25) is 4.79 Å². The fraction of sp³-hybridized carbons (Fsp3) is 0.696. The van der Waals surface area contributed by atoms with Crippen molar-refractivity contribution in [3.05, 3.63) is 29.3 Å².